The largest absolute Gasteiger partial charge is 0.497 e. The number of nitrogens with one attached hydrogen (secondary N) is 1. The molecule has 4 rings (SSSR count). The van der Waals surface area contributed by atoms with Gasteiger partial charge in [0, 0.05) is 25.8 Å². The summed E-state index contributed by atoms with van der Waals surface area (Å²) >= 11 is 0. The van der Waals surface area contributed by atoms with Gasteiger partial charge in [-0.3, -0.25) is 9.59 Å². The Balaban J connectivity index is 1.65. The molecule has 1 atom stereocenters. The molecule has 3 aromatic rings. The quantitative estimate of drug-likeness (QED) is 0.388. The van der Waals surface area contributed by atoms with E-state index in [1.54, 1.807) is 16.7 Å². The van der Waals surface area contributed by atoms with Gasteiger partial charge >= 0.3 is 0 Å². The van der Waals surface area contributed by atoms with Crippen LogP contribution in [0.2, 0.25) is 0 Å². The van der Waals surface area contributed by atoms with Gasteiger partial charge in [0.1, 0.15) is 23.9 Å². The van der Waals surface area contributed by atoms with Gasteiger partial charge in [-0.05, 0) is 56.0 Å². The predicted molar refractivity (Wildman–Crippen MR) is 136 cm³/mol. The first kappa shape index (κ1) is 25.6. The summed E-state index contributed by atoms with van der Waals surface area (Å²) in [4.78, 5) is 29.2. The van der Waals surface area contributed by atoms with E-state index in [1.807, 2.05) is 55.5 Å². The number of rotatable bonds is 12. The van der Waals surface area contributed by atoms with E-state index in [-0.39, 0.29) is 24.4 Å². The number of benzene rings is 2. The summed E-state index contributed by atoms with van der Waals surface area (Å²) < 4.78 is 12.5. The van der Waals surface area contributed by atoms with Crippen molar-refractivity contribution >= 4 is 22.8 Å². The lowest BCUT2D eigenvalue weighted by atomic mass is 10.0. The van der Waals surface area contributed by atoms with Crippen LogP contribution in [0.25, 0.3) is 11.0 Å². The smallest absolute Gasteiger partial charge is 0.247 e. The van der Waals surface area contributed by atoms with Gasteiger partial charge in [-0.25, -0.2) is 4.68 Å². The molecule has 1 aromatic heterocycles. The summed E-state index contributed by atoms with van der Waals surface area (Å²) in [5.41, 5.74) is 2.20. The maximum absolute atomic E-state index is 13.8. The zero-order valence-electron chi connectivity index (χ0n) is 21.1. The SMILES string of the molecule is CCOCCCN(C(=O)Cn1nnc2ccccc21)[C@@H](C(=O)NC1CCCC1)c1cccc(OC)c1. The van der Waals surface area contributed by atoms with Crippen LogP contribution in [0, 0.1) is 0 Å². The zero-order chi connectivity index (χ0) is 25.3. The van der Waals surface area contributed by atoms with Crippen LogP contribution in [0.15, 0.2) is 48.5 Å². The van der Waals surface area contributed by atoms with Crippen LogP contribution in [0.1, 0.15) is 50.6 Å². The van der Waals surface area contributed by atoms with Crippen molar-refractivity contribution in [2.75, 3.05) is 26.9 Å². The highest BCUT2D eigenvalue weighted by Crippen LogP contribution is 2.27. The highest BCUT2D eigenvalue weighted by Gasteiger charge is 2.33. The fourth-order valence-corrected chi connectivity index (χ4v) is 4.77. The van der Waals surface area contributed by atoms with E-state index in [0.717, 1.165) is 36.7 Å². The zero-order valence-corrected chi connectivity index (χ0v) is 21.1. The van der Waals surface area contributed by atoms with Crippen molar-refractivity contribution in [3.05, 3.63) is 54.1 Å². The molecule has 36 heavy (non-hydrogen) atoms. The fraction of sp³-hybridized carbons (Fsp3) is 0.481. The van der Waals surface area contributed by atoms with Crippen molar-refractivity contribution in [1.29, 1.82) is 0 Å². The molecule has 2 amide bonds. The standard InChI is InChI=1S/C27H35N5O4/c1-3-36-17-9-16-31(25(33)19-32-24-15-7-6-14-23(24)29-30-32)26(20-10-8-13-22(18-20)35-2)27(34)28-21-11-4-5-12-21/h6-8,10,13-15,18,21,26H,3-5,9,11-12,16-17,19H2,1-2H3,(H,28,34)/t26-/m1/s1. The monoisotopic (exact) mass is 493 g/mol. The van der Waals surface area contributed by atoms with Crippen LogP contribution in [0.5, 0.6) is 5.75 Å². The van der Waals surface area contributed by atoms with E-state index in [0.29, 0.717) is 37.5 Å². The lowest BCUT2D eigenvalue weighted by molar-refractivity contribution is -0.142. The summed E-state index contributed by atoms with van der Waals surface area (Å²) in [5, 5.41) is 11.6. The summed E-state index contributed by atoms with van der Waals surface area (Å²) in [6.45, 7) is 3.38. The van der Waals surface area contributed by atoms with Crippen molar-refractivity contribution in [1.82, 2.24) is 25.2 Å². The first-order chi connectivity index (χ1) is 17.6. The second-order valence-corrected chi connectivity index (χ2v) is 9.04. The number of carbonyl (C=O) groups excluding carboxylic acids is 2. The average Bonchev–Trinajstić information content (AvgIpc) is 3.56. The van der Waals surface area contributed by atoms with E-state index >= 15 is 0 Å². The Bertz CT molecular complexity index is 1160. The molecule has 192 valence electrons. The Morgan fingerprint density at radius 2 is 1.97 bits per heavy atom. The Morgan fingerprint density at radius 3 is 2.75 bits per heavy atom. The number of methoxy groups -OCH3 is 1. The Hall–Kier alpha value is -3.46. The van der Waals surface area contributed by atoms with E-state index in [1.165, 1.54) is 0 Å². The van der Waals surface area contributed by atoms with E-state index in [9.17, 15) is 9.59 Å². The van der Waals surface area contributed by atoms with Crippen LogP contribution in [-0.2, 0) is 20.9 Å². The van der Waals surface area contributed by atoms with E-state index in [4.69, 9.17) is 9.47 Å². The van der Waals surface area contributed by atoms with Crippen molar-refractivity contribution in [3.8, 4) is 5.75 Å². The highest BCUT2D eigenvalue weighted by molar-refractivity contribution is 5.89. The molecule has 0 aliphatic heterocycles. The molecule has 1 aliphatic carbocycles. The van der Waals surface area contributed by atoms with Gasteiger partial charge < -0.3 is 19.7 Å². The Kier molecular flexibility index (Phi) is 8.89. The molecule has 0 spiro atoms. The highest BCUT2D eigenvalue weighted by atomic mass is 16.5. The third-order valence-corrected chi connectivity index (χ3v) is 6.59. The van der Waals surface area contributed by atoms with Crippen LogP contribution in [0.3, 0.4) is 0 Å². The van der Waals surface area contributed by atoms with Gasteiger partial charge in [0.2, 0.25) is 11.8 Å². The molecule has 0 unspecified atom stereocenters. The van der Waals surface area contributed by atoms with Crippen LogP contribution in [-0.4, -0.2) is 64.6 Å². The van der Waals surface area contributed by atoms with E-state index < -0.39 is 6.04 Å². The summed E-state index contributed by atoms with van der Waals surface area (Å²) in [7, 11) is 1.59. The molecule has 0 saturated heterocycles. The van der Waals surface area contributed by atoms with Gasteiger partial charge in [-0.2, -0.15) is 0 Å². The van der Waals surface area contributed by atoms with Crippen LogP contribution < -0.4 is 10.1 Å². The van der Waals surface area contributed by atoms with E-state index in [2.05, 4.69) is 15.6 Å². The molecule has 1 saturated carbocycles. The number of para-hydroxylation sites is 1. The second kappa shape index (κ2) is 12.5. The third-order valence-electron chi connectivity index (χ3n) is 6.59. The molecular weight excluding hydrogens is 458 g/mol. The summed E-state index contributed by atoms with van der Waals surface area (Å²) in [6.07, 6.45) is 4.73. The van der Waals surface area contributed by atoms with Gasteiger partial charge in [0.15, 0.2) is 0 Å². The second-order valence-electron chi connectivity index (χ2n) is 9.04. The van der Waals surface area contributed by atoms with Gasteiger partial charge in [0.05, 0.1) is 12.6 Å². The molecule has 1 N–H and O–H groups in total. The summed E-state index contributed by atoms with van der Waals surface area (Å²) in [5.74, 6) is 0.245. The lowest BCUT2D eigenvalue weighted by Crippen LogP contribution is -2.47. The molecule has 1 heterocycles. The third kappa shape index (κ3) is 6.20. The first-order valence-electron chi connectivity index (χ1n) is 12.7. The number of hydrogen-bond donors (Lipinski definition) is 1. The number of nitrogens with zero attached hydrogens (tertiary/aromatic N) is 4. The molecule has 1 fully saturated rings. The number of fused-ring (bicyclic) bond motifs is 1. The fourth-order valence-electron chi connectivity index (χ4n) is 4.77. The minimum atomic E-state index is -0.801. The molecule has 0 bridgehead atoms. The first-order valence-corrected chi connectivity index (χ1v) is 12.7. The van der Waals surface area contributed by atoms with Gasteiger partial charge in [-0.1, -0.05) is 42.3 Å². The molecule has 0 radical (unpaired) electrons. The van der Waals surface area contributed by atoms with Crippen molar-refractivity contribution in [2.45, 2.75) is 57.7 Å². The minimum Gasteiger partial charge on any atom is -0.497 e. The van der Waals surface area contributed by atoms with Crippen LogP contribution >= 0.6 is 0 Å². The number of hydrogen-bond acceptors (Lipinski definition) is 6. The van der Waals surface area contributed by atoms with Crippen molar-refractivity contribution in [3.63, 3.8) is 0 Å². The van der Waals surface area contributed by atoms with Gasteiger partial charge in [-0.15, -0.1) is 5.10 Å². The van der Waals surface area contributed by atoms with Gasteiger partial charge in [0.25, 0.3) is 0 Å². The van der Waals surface area contributed by atoms with Crippen molar-refractivity contribution < 1.29 is 19.1 Å². The van der Waals surface area contributed by atoms with Crippen LogP contribution in [0.4, 0.5) is 0 Å². The number of ether oxygens (including phenoxy) is 2. The normalized spacial score (nSPS) is 14.6. The predicted octanol–water partition coefficient (Wildman–Crippen LogP) is 3.50. The lowest BCUT2D eigenvalue weighted by Gasteiger charge is -2.32. The topological polar surface area (TPSA) is 98.6 Å². The number of carbonyl (C=O) groups is 2. The Morgan fingerprint density at radius 1 is 1.17 bits per heavy atom. The number of aromatic nitrogens is 3. The van der Waals surface area contributed by atoms with Crippen molar-refractivity contribution in [2.24, 2.45) is 0 Å². The minimum absolute atomic E-state index is 0.0215. The molecule has 9 nitrogen and oxygen atoms in total. The molecule has 1 aliphatic rings. The summed E-state index contributed by atoms with van der Waals surface area (Å²) in [6, 6.07) is 14.2. The maximum atomic E-state index is 13.8. The average molecular weight is 494 g/mol. The maximum Gasteiger partial charge on any atom is 0.247 e. The number of amides is 2. The molecule has 9 heteroatoms. The Labute approximate surface area is 211 Å². The molecular formula is C27H35N5O4. The molecule has 2 aromatic carbocycles.